The molecule has 0 saturated carbocycles. The van der Waals surface area contributed by atoms with Crippen molar-refractivity contribution < 1.29 is 9.72 Å². The highest BCUT2D eigenvalue weighted by molar-refractivity contribution is 7.80. The number of carbonyl (C=O) groups excluding carboxylic acids is 1. The highest BCUT2D eigenvalue weighted by Gasteiger charge is 2.34. The Morgan fingerprint density at radius 3 is 3.09 bits per heavy atom. The lowest BCUT2D eigenvalue weighted by molar-refractivity contribution is -0.383. The molecule has 7 nitrogen and oxygen atoms in total. The first-order valence-corrected chi connectivity index (χ1v) is 8.20. The molecule has 23 heavy (non-hydrogen) atoms. The van der Waals surface area contributed by atoms with Gasteiger partial charge in [0, 0.05) is 24.3 Å². The number of benzene rings is 1. The fourth-order valence-corrected chi connectivity index (χ4v) is 3.17. The van der Waals surface area contributed by atoms with E-state index < -0.39 is 4.92 Å². The molecule has 8 heteroatoms. The van der Waals surface area contributed by atoms with Crippen LogP contribution < -0.4 is 0 Å². The van der Waals surface area contributed by atoms with E-state index >= 15 is 0 Å². The highest BCUT2D eigenvalue weighted by Crippen LogP contribution is 2.34. The Kier molecular flexibility index (Phi) is 4.25. The SMILES string of the molecule is C[C@H](CS)C(=O)N1CCC[C@@H]1c1nc2c([N+](=O)[O-])cccc2[nH]1. The quantitative estimate of drug-likeness (QED) is 0.511. The van der Waals surface area contributed by atoms with E-state index in [1.807, 2.05) is 11.8 Å². The first-order chi connectivity index (χ1) is 11.0. The zero-order valence-corrected chi connectivity index (χ0v) is 13.6. The maximum absolute atomic E-state index is 12.5. The number of nitrogens with zero attached hydrogens (tertiary/aromatic N) is 3. The number of likely N-dealkylation sites (tertiary alicyclic amines) is 1. The molecule has 122 valence electrons. The molecule has 0 aliphatic carbocycles. The van der Waals surface area contributed by atoms with Gasteiger partial charge in [-0.25, -0.2) is 4.98 Å². The van der Waals surface area contributed by atoms with Gasteiger partial charge in [-0.2, -0.15) is 12.6 Å². The van der Waals surface area contributed by atoms with E-state index in [0.29, 0.717) is 29.2 Å². The summed E-state index contributed by atoms with van der Waals surface area (Å²) >= 11 is 4.20. The molecule has 1 fully saturated rings. The standard InChI is InChI=1S/C15H18N4O3S/c1-9(8-23)15(20)18-7-3-6-12(18)14-16-10-4-2-5-11(19(21)22)13(10)17-14/h2,4-5,9,12,23H,3,6-8H2,1H3,(H,16,17)/t9-,12-/m1/s1. The number of aromatic nitrogens is 2. The van der Waals surface area contributed by atoms with Crippen LogP contribution in [-0.2, 0) is 4.79 Å². The zero-order valence-electron chi connectivity index (χ0n) is 12.7. The van der Waals surface area contributed by atoms with Crippen LogP contribution >= 0.6 is 12.6 Å². The molecule has 1 aliphatic heterocycles. The molecule has 1 aromatic heterocycles. The number of para-hydroxylation sites is 1. The Morgan fingerprint density at radius 1 is 1.61 bits per heavy atom. The van der Waals surface area contributed by atoms with Gasteiger partial charge in [-0.15, -0.1) is 0 Å². The van der Waals surface area contributed by atoms with Gasteiger partial charge >= 0.3 is 0 Å². The molecule has 1 amide bonds. The lowest BCUT2D eigenvalue weighted by Crippen LogP contribution is -2.35. The summed E-state index contributed by atoms with van der Waals surface area (Å²) in [5.74, 6) is 1.01. The first kappa shape index (κ1) is 15.8. The normalized spacial score (nSPS) is 19.2. The summed E-state index contributed by atoms with van der Waals surface area (Å²) in [6, 6.07) is 4.67. The van der Waals surface area contributed by atoms with Crippen LogP contribution in [0.4, 0.5) is 5.69 Å². The molecule has 0 unspecified atom stereocenters. The molecule has 3 rings (SSSR count). The second-order valence-corrected chi connectivity index (χ2v) is 6.19. The minimum absolute atomic E-state index is 0.0235. The van der Waals surface area contributed by atoms with Crippen LogP contribution in [0.2, 0.25) is 0 Å². The van der Waals surface area contributed by atoms with E-state index in [0.717, 1.165) is 12.8 Å². The van der Waals surface area contributed by atoms with Crippen molar-refractivity contribution in [1.82, 2.24) is 14.9 Å². The van der Waals surface area contributed by atoms with Crippen molar-refractivity contribution in [3.05, 3.63) is 34.1 Å². The van der Waals surface area contributed by atoms with Crippen molar-refractivity contribution in [2.45, 2.75) is 25.8 Å². The topological polar surface area (TPSA) is 92.1 Å². The lowest BCUT2D eigenvalue weighted by Gasteiger charge is -2.25. The van der Waals surface area contributed by atoms with E-state index in [-0.39, 0.29) is 23.6 Å². The third-order valence-electron chi connectivity index (χ3n) is 4.25. The van der Waals surface area contributed by atoms with E-state index in [4.69, 9.17) is 0 Å². The zero-order chi connectivity index (χ0) is 16.6. The fraction of sp³-hybridized carbons (Fsp3) is 0.467. The van der Waals surface area contributed by atoms with Crippen molar-refractivity contribution in [3.8, 4) is 0 Å². The van der Waals surface area contributed by atoms with Gasteiger partial charge in [-0.3, -0.25) is 14.9 Å². The summed E-state index contributed by atoms with van der Waals surface area (Å²) in [4.78, 5) is 32.5. The summed E-state index contributed by atoms with van der Waals surface area (Å²) in [5, 5.41) is 11.1. The molecule has 0 bridgehead atoms. The van der Waals surface area contributed by atoms with Gasteiger partial charge in [0.2, 0.25) is 5.91 Å². The number of hydrogen-bond donors (Lipinski definition) is 2. The van der Waals surface area contributed by atoms with Crippen LogP contribution in [0.15, 0.2) is 18.2 Å². The minimum atomic E-state index is -0.437. The summed E-state index contributed by atoms with van der Waals surface area (Å²) < 4.78 is 0. The highest BCUT2D eigenvalue weighted by atomic mass is 32.1. The number of aromatic amines is 1. The van der Waals surface area contributed by atoms with E-state index in [2.05, 4.69) is 22.6 Å². The van der Waals surface area contributed by atoms with Gasteiger partial charge in [0.15, 0.2) is 5.52 Å². The number of nitro benzene ring substituents is 1. The fourth-order valence-electron chi connectivity index (χ4n) is 3.02. The second kappa shape index (κ2) is 6.19. The number of fused-ring (bicyclic) bond motifs is 1. The molecule has 1 N–H and O–H groups in total. The van der Waals surface area contributed by atoms with Crippen LogP contribution in [0.5, 0.6) is 0 Å². The molecular weight excluding hydrogens is 316 g/mol. The molecule has 2 heterocycles. The van der Waals surface area contributed by atoms with Crippen molar-refractivity contribution in [2.24, 2.45) is 5.92 Å². The number of nitrogens with one attached hydrogen (secondary N) is 1. The van der Waals surface area contributed by atoms with Gasteiger partial charge in [0.05, 0.1) is 16.5 Å². The average Bonchev–Trinajstić information content (AvgIpc) is 3.18. The van der Waals surface area contributed by atoms with Crippen LogP contribution in [0.25, 0.3) is 11.0 Å². The van der Waals surface area contributed by atoms with Crippen molar-refractivity contribution in [3.63, 3.8) is 0 Å². The van der Waals surface area contributed by atoms with Crippen molar-refractivity contribution in [1.29, 1.82) is 0 Å². The smallest absolute Gasteiger partial charge is 0.297 e. The second-order valence-electron chi connectivity index (χ2n) is 5.83. The molecule has 0 spiro atoms. The van der Waals surface area contributed by atoms with Crippen LogP contribution in [0.1, 0.15) is 31.6 Å². The summed E-state index contributed by atoms with van der Waals surface area (Å²) in [7, 11) is 0. The number of hydrogen-bond acceptors (Lipinski definition) is 5. The number of imidazole rings is 1. The van der Waals surface area contributed by atoms with Crippen LogP contribution in [0.3, 0.4) is 0 Å². The molecule has 1 aromatic carbocycles. The van der Waals surface area contributed by atoms with Crippen molar-refractivity contribution in [2.75, 3.05) is 12.3 Å². The predicted octanol–water partition coefficient (Wildman–Crippen LogP) is 2.70. The first-order valence-electron chi connectivity index (χ1n) is 7.57. The van der Waals surface area contributed by atoms with Crippen LogP contribution in [-0.4, -0.2) is 38.0 Å². The number of non-ortho nitro benzene ring substituents is 1. The Balaban J connectivity index is 1.98. The van der Waals surface area contributed by atoms with Gasteiger partial charge in [-0.05, 0) is 18.9 Å². The van der Waals surface area contributed by atoms with E-state index in [1.54, 1.807) is 12.1 Å². The number of H-pyrrole nitrogens is 1. The average molecular weight is 334 g/mol. The Hall–Kier alpha value is -2.09. The number of amides is 1. The summed E-state index contributed by atoms with van der Waals surface area (Å²) in [6.45, 7) is 2.54. The predicted molar refractivity (Wildman–Crippen MR) is 89.5 cm³/mol. The maximum Gasteiger partial charge on any atom is 0.297 e. The van der Waals surface area contributed by atoms with E-state index in [9.17, 15) is 14.9 Å². The molecule has 1 aliphatic rings. The van der Waals surface area contributed by atoms with Gasteiger partial charge < -0.3 is 9.88 Å². The molecule has 0 radical (unpaired) electrons. The molecule has 2 aromatic rings. The van der Waals surface area contributed by atoms with Gasteiger partial charge in [-0.1, -0.05) is 13.0 Å². The number of carbonyl (C=O) groups is 1. The Bertz CT molecular complexity index is 760. The maximum atomic E-state index is 12.5. The number of rotatable bonds is 4. The van der Waals surface area contributed by atoms with Crippen molar-refractivity contribution >= 4 is 35.3 Å². The molecular formula is C15H18N4O3S. The summed E-state index contributed by atoms with van der Waals surface area (Å²) in [6.07, 6.45) is 1.70. The van der Waals surface area contributed by atoms with Gasteiger partial charge in [0.1, 0.15) is 5.82 Å². The molecule has 1 saturated heterocycles. The van der Waals surface area contributed by atoms with Gasteiger partial charge in [0.25, 0.3) is 5.69 Å². The monoisotopic (exact) mass is 334 g/mol. The Morgan fingerprint density at radius 2 is 2.39 bits per heavy atom. The molecule has 2 atom stereocenters. The lowest BCUT2D eigenvalue weighted by atomic mass is 10.1. The third kappa shape index (κ3) is 2.78. The van der Waals surface area contributed by atoms with E-state index in [1.165, 1.54) is 6.07 Å². The largest absolute Gasteiger partial charge is 0.340 e. The Labute approximate surface area is 138 Å². The number of nitro groups is 1. The third-order valence-corrected chi connectivity index (χ3v) is 4.80. The summed E-state index contributed by atoms with van der Waals surface area (Å²) in [5.41, 5.74) is 0.939. The minimum Gasteiger partial charge on any atom is -0.340 e. The van der Waals surface area contributed by atoms with Crippen LogP contribution in [0, 0.1) is 16.0 Å². The number of thiol groups is 1.